The van der Waals surface area contributed by atoms with Crippen molar-refractivity contribution in [3.05, 3.63) is 5.28 Å². The van der Waals surface area contributed by atoms with Crippen LogP contribution in [0, 0.1) is 0 Å². The summed E-state index contributed by atoms with van der Waals surface area (Å²) in [4.78, 5) is 25.2. The van der Waals surface area contributed by atoms with Gasteiger partial charge in [-0.2, -0.15) is 15.0 Å². The topological polar surface area (TPSA) is 80.2 Å². The summed E-state index contributed by atoms with van der Waals surface area (Å²) >= 11 is 5.74. The van der Waals surface area contributed by atoms with Crippen molar-refractivity contribution < 1.29 is 9.53 Å². The van der Waals surface area contributed by atoms with E-state index in [1.807, 2.05) is 20.8 Å². The summed E-state index contributed by atoms with van der Waals surface area (Å²) in [6.45, 7) is 7.53. The van der Waals surface area contributed by atoms with Crippen molar-refractivity contribution in [1.82, 2.24) is 19.9 Å². The highest BCUT2D eigenvalue weighted by Crippen LogP contribution is 2.11. The fourth-order valence-electron chi connectivity index (χ4n) is 1.45. The molecule has 1 heterocycles. The molecule has 0 aliphatic carbocycles. The maximum absolute atomic E-state index is 11.8. The molecule has 1 amide bonds. The van der Waals surface area contributed by atoms with Crippen molar-refractivity contribution in [1.29, 1.82) is 0 Å². The average Bonchev–Trinajstić information content (AvgIpc) is 2.37. The fourth-order valence-corrected chi connectivity index (χ4v) is 1.60. The molecule has 0 radical (unpaired) electrons. The number of aromatic nitrogens is 3. The molecule has 0 atom stereocenters. The number of hydrogen-bond acceptors (Lipinski definition) is 6. The largest absolute Gasteiger partial charge is 0.464 e. The number of halogens is 1. The quantitative estimate of drug-likeness (QED) is 0.812. The Morgan fingerprint density at radius 2 is 1.95 bits per heavy atom. The van der Waals surface area contributed by atoms with Crippen LogP contribution in [0.3, 0.4) is 0 Å². The number of hydrogen-bond donors (Lipinski definition) is 1. The molecule has 0 fully saturated rings. The minimum absolute atomic E-state index is 0.0243. The van der Waals surface area contributed by atoms with Crippen LogP contribution in [0.4, 0.5) is 5.95 Å². The third-order valence-corrected chi connectivity index (χ3v) is 2.54. The second kappa shape index (κ2) is 7.73. The average molecular weight is 288 g/mol. The number of ether oxygens (including phenoxy) is 1. The van der Waals surface area contributed by atoms with Gasteiger partial charge in [-0.05, 0) is 32.4 Å². The monoisotopic (exact) mass is 287 g/mol. The molecule has 1 aromatic heterocycles. The first-order valence-electron chi connectivity index (χ1n) is 6.16. The SMILES string of the molecule is CCOc1nc(Cl)nc(NCC(=O)N(CC)CC)n1. The second-order valence-electron chi connectivity index (χ2n) is 3.56. The van der Waals surface area contributed by atoms with Crippen molar-refractivity contribution in [2.24, 2.45) is 0 Å². The van der Waals surface area contributed by atoms with Gasteiger partial charge in [0.2, 0.25) is 17.1 Å². The summed E-state index contributed by atoms with van der Waals surface area (Å²) in [7, 11) is 0. The van der Waals surface area contributed by atoms with E-state index in [0.29, 0.717) is 19.7 Å². The van der Waals surface area contributed by atoms with Crippen molar-refractivity contribution in [3.8, 4) is 6.01 Å². The molecule has 106 valence electrons. The van der Waals surface area contributed by atoms with Gasteiger partial charge in [0.1, 0.15) is 0 Å². The lowest BCUT2D eigenvalue weighted by molar-refractivity contribution is -0.128. The fraction of sp³-hybridized carbons (Fsp3) is 0.636. The zero-order chi connectivity index (χ0) is 14.3. The minimum atomic E-state index is -0.0282. The summed E-state index contributed by atoms with van der Waals surface area (Å²) in [5.74, 6) is 0.198. The highest BCUT2D eigenvalue weighted by molar-refractivity contribution is 6.28. The maximum Gasteiger partial charge on any atom is 0.322 e. The number of nitrogens with zero attached hydrogens (tertiary/aromatic N) is 4. The number of carbonyl (C=O) groups excluding carboxylic acids is 1. The summed E-state index contributed by atoms with van der Waals surface area (Å²) in [6.07, 6.45) is 0. The molecular formula is C11H18ClN5O2. The molecule has 0 bridgehead atoms. The van der Waals surface area contributed by atoms with Crippen molar-refractivity contribution >= 4 is 23.5 Å². The van der Waals surface area contributed by atoms with Crippen LogP contribution in [-0.2, 0) is 4.79 Å². The van der Waals surface area contributed by atoms with Crippen LogP contribution in [0.1, 0.15) is 20.8 Å². The van der Waals surface area contributed by atoms with Gasteiger partial charge in [0.25, 0.3) is 0 Å². The minimum Gasteiger partial charge on any atom is -0.464 e. The Labute approximate surface area is 117 Å². The van der Waals surface area contributed by atoms with Gasteiger partial charge in [-0.15, -0.1) is 0 Å². The molecule has 0 spiro atoms. The number of carbonyl (C=O) groups is 1. The predicted octanol–water partition coefficient (Wildman–Crippen LogP) is 1.20. The third kappa shape index (κ3) is 4.86. The molecule has 0 aliphatic rings. The molecule has 7 nitrogen and oxygen atoms in total. The van der Waals surface area contributed by atoms with Crippen LogP contribution in [0.15, 0.2) is 0 Å². The Bertz CT molecular complexity index is 426. The van der Waals surface area contributed by atoms with Gasteiger partial charge in [0.05, 0.1) is 13.2 Å². The number of rotatable bonds is 7. The Balaban J connectivity index is 2.64. The zero-order valence-electron chi connectivity index (χ0n) is 11.3. The van der Waals surface area contributed by atoms with E-state index < -0.39 is 0 Å². The van der Waals surface area contributed by atoms with Gasteiger partial charge in [-0.25, -0.2) is 0 Å². The lowest BCUT2D eigenvalue weighted by atomic mass is 10.4. The summed E-state index contributed by atoms with van der Waals surface area (Å²) in [5.41, 5.74) is 0. The first-order valence-corrected chi connectivity index (χ1v) is 6.54. The third-order valence-electron chi connectivity index (χ3n) is 2.37. The molecule has 19 heavy (non-hydrogen) atoms. The Hall–Kier alpha value is -1.63. The first-order chi connectivity index (χ1) is 9.10. The second-order valence-corrected chi connectivity index (χ2v) is 3.90. The zero-order valence-corrected chi connectivity index (χ0v) is 12.1. The predicted molar refractivity (Wildman–Crippen MR) is 72.4 cm³/mol. The molecule has 1 rings (SSSR count). The molecule has 0 unspecified atom stereocenters. The Morgan fingerprint density at radius 3 is 2.53 bits per heavy atom. The Morgan fingerprint density at radius 1 is 1.26 bits per heavy atom. The molecule has 1 N–H and O–H groups in total. The van der Waals surface area contributed by atoms with Gasteiger partial charge in [-0.1, -0.05) is 0 Å². The molecule has 0 saturated carbocycles. The van der Waals surface area contributed by atoms with E-state index in [2.05, 4.69) is 20.3 Å². The Kier molecular flexibility index (Phi) is 6.27. The molecule has 0 aromatic carbocycles. The van der Waals surface area contributed by atoms with E-state index in [4.69, 9.17) is 16.3 Å². The molecule has 8 heteroatoms. The lowest BCUT2D eigenvalue weighted by Gasteiger charge is -2.18. The van der Waals surface area contributed by atoms with E-state index in [1.54, 1.807) is 4.90 Å². The van der Waals surface area contributed by atoms with Gasteiger partial charge in [-0.3, -0.25) is 4.79 Å². The van der Waals surface area contributed by atoms with Crippen molar-refractivity contribution in [2.45, 2.75) is 20.8 Å². The summed E-state index contributed by atoms with van der Waals surface area (Å²) in [5, 5.41) is 2.84. The van der Waals surface area contributed by atoms with Crippen LogP contribution in [0.2, 0.25) is 5.28 Å². The number of anilines is 1. The molecule has 0 aliphatic heterocycles. The van der Waals surface area contributed by atoms with Crippen LogP contribution in [-0.4, -0.2) is 52.0 Å². The van der Waals surface area contributed by atoms with Crippen molar-refractivity contribution in [2.75, 3.05) is 31.6 Å². The first kappa shape index (κ1) is 15.4. The van der Waals surface area contributed by atoms with Gasteiger partial charge in [0.15, 0.2) is 0 Å². The highest BCUT2D eigenvalue weighted by Gasteiger charge is 2.11. The lowest BCUT2D eigenvalue weighted by Crippen LogP contribution is -2.35. The van der Waals surface area contributed by atoms with Crippen molar-refractivity contribution in [3.63, 3.8) is 0 Å². The smallest absolute Gasteiger partial charge is 0.322 e. The number of nitrogens with one attached hydrogen (secondary N) is 1. The molecule has 1 aromatic rings. The van der Waals surface area contributed by atoms with Crippen LogP contribution in [0.25, 0.3) is 0 Å². The van der Waals surface area contributed by atoms with E-state index in [1.165, 1.54) is 0 Å². The van der Waals surface area contributed by atoms with Crippen LogP contribution >= 0.6 is 11.6 Å². The van der Waals surface area contributed by atoms with E-state index in [0.717, 1.165) is 0 Å². The standard InChI is InChI=1S/C11H18ClN5O2/c1-4-17(5-2)8(18)7-13-10-14-9(12)15-11(16-10)19-6-3/h4-7H2,1-3H3,(H,13,14,15,16). The van der Waals surface area contributed by atoms with Gasteiger partial charge < -0.3 is 15.0 Å². The number of likely N-dealkylation sites (N-methyl/N-ethyl adjacent to an activating group) is 1. The highest BCUT2D eigenvalue weighted by atomic mass is 35.5. The normalized spacial score (nSPS) is 10.1. The van der Waals surface area contributed by atoms with E-state index in [-0.39, 0.29) is 29.7 Å². The van der Waals surface area contributed by atoms with Gasteiger partial charge in [0, 0.05) is 13.1 Å². The molecular weight excluding hydrogens is 270 g/mol. The van der Waals surface area contributed by atoms with E-state index >= 15 is 0 Å². The number of amides is 1. The molecule has 0 saturated heterocycles. The van der Waals surface area contributed by atoms with Crippen LogP contribution in [0.5, 0.6) is 6.01 Å². The summed E-state index contributed by atoms with van der Waals surface area (Å²) in [6, 6.07) is 0.139. The summed E-state index contributed by atoms with van der Waals surface area (Å²) < 4.78 is 5.14. The van der Waals surface area contributed by atoms with Crippen LogP contribution < -0.4 is 10.1 Å². The van der Waals surface area contributed by atoms with E-state index in [9.17, 15) is 4.79 Å². The van der Waals surface area contributed by atoms with Gasteiger partial charge >= 0.3 is 6.01 Å². The maximum atomic E-state index is 11.8.